The predicted molar refractivity (Wildman–Crippen MR) is 37.4 cm³/mol. The highest BCUT2D eigenvalue weighted by molar-refractivity contribution is 5.77. The molecule has 4 heteroatoms. The van der Waals surface area contributed by atoms with Crippen molar-refractivity contribution in [2.75, 3.05) is 19.8 Å². The van der Waals surface area contributed by atoms with E-state index in [9.17, 15) is 9.90 Å². The van der Waals surface area contributed by atoms with Crippen LogP contribution in [0.2, 0.25) is 0 Å². The largest absolute Gasteiger partial charge is 0.394 e. The van der Waals surface area contributed by atoms with Gasteiger partial charge in [-0.1, -0.05) is 0 Å². The molecule has 1 rings (SSSR count). The van der Waals surface area contributed by atoms with Crippen molar-refractivity contribution >= 4 is 5.91 Å². The fourth-order valence-electron chi connectivity index (χ4n) is 1.44. The van der Waals surface area contributed by atoms with Gasteiger partial charge in [0, 0.05) is 6.54 Å². The molecule has 1 atom stereocenters. The van der Waals surface area contributed by atoms with Crippen LogP contribution < -0.4 is 0 Å². The Morgan fingerprint density at radius 1 is 1.64 bits per heavy atom. The van der Waals surface area contributed by atoms with E-state index in [1.807, 2.05) is 0 Å². The van der Waals surface area contributed by atoms with Crippen LogP contribution in [-0.4, -0.2) is 41.7 Å². The number of hydrogen-bond donors (Lipinski definition) is 1. The highest BCUT2D eigenvalue weighted by atomic mass is 16.3. The minimum Gasteiger partial charge on any atom is -0.394 e. The Hall–Kier alpha value is -0.610. The Bertz CT molecular complexity index is 149. The zero-order chi connectivity index (χ0) is 8.27. The van der Waals surface area contributed by atoms with Crippen LogP contribution >= 0.6 is 0 Å². The normalized spacial score (nSPS) is 24.2. The average Bonchev–Trinajstić information content (AvgIpc) is 2.50. The fraction of sp³-hybridized carbons (Fsp3) is 0.857. The highest BCUT2D eigenvalue weighted by Crippen LogP contribution is 2.16. The molecule has 0 bridgehead atoms. The standard InChI is InChI=1S/C7H12NO3/c9-4-6-2-1-3-8(6)7(11)5-10/h6,9H,1-5H2. The van der Waals surface area contributed by atoms with E-state index in [0.29, 0.717) is 6.54 Å². The molecular weight excluding hydrogens is 146 g/mol. The maximum absolute atomic E-state index is 10.9. The quantitative estimate of drug-likeness (QED) is 0.583. The molecule has 11 heavy (non-hydrogen) atoms. The number of amides is 1. The fourth-order valence-corrected chi connectivity index (χ4v) is 1.44. The van der Waals surface area contributed by atoms with Crippen molar-refractivity contribution in [1.82, 2.24) is 4.90 Å². The van der Waals surface area contributed by atoms with Crippen LogP contribution in [0.4, 0.5) is 0 Å². The lowest BCUT2D eigenvalue weighted by Gasteiger charge is -2.21. The Balaban J connectivity index is 2.49. The third kappa shape index (κ3) is 1.70. The van der Waals surface area contributed by atoms with Gasteiger partial charge in [0.25, 0.3) is 5.91 Å². The second kappa shape index (κ2) is 3.69. The smallest absolute Gasteiger partial charge is 0.252 e. The third-order valence-corrected chi connectivity index (χ3v) is 2.03. The summed E-state index contributed by atoms with van der Waals surface area (Å²) in [6.07, 6.45) is 1.72. The van der Waals surface area contributed by atoms with E-state index in [4.69, 9.17) is 5.11 Å². The second-order valence-corrected chi connectivity index (χ2v) is 2.71. The molecule has 63 valence electrons. The third-order valence-electron chi connectivity index (χ3n) is 2.03. The van der Waals surface area contributed by atoms with E-state index in [2.05, 4.69) is 0 Å². The number of likely N-dealkylation sites (tertiary alicyclic amines) is 1. The first kappa shape index (κ1) is 8.49. The van der Waals surface area contributed by atoms with Crippen molar-refractivity contribution in [3.05, 3.63) is 0 Å². The van der Waals surface area contributed by atoms with Gasteiger partial charge in [-0.05, 0) is 12.8 Å². The van der Waals surface area contributed by atoms with Crippen LogP contribution in [0.25, 0.3) is 0 Å². The van der Waals surface area contributed by atoms with Crippen molar-refractivity contribution in [3.63, 3.8) is 0 Å². The minimum absolute atomic E-state index is 0.0221. The number of carbonyl (C=O) groups is 1. The molecule has 0 aromatic rings. The lowest BCUT2D eigenvalue weighted by atomic mass is 10.2. The van der Waals surface area contributed by atoms with E-state index in [1.54, 1.807) is 0 Å². The molecule has 0 aromatic carbocycles. The molecule has 1 amide bonds. The second-order valence-electron chi connectivity index (χ2n) is 2.71. The Morgan fingerprint density at radius 3 is 2.91 bits per heavy atom. The van der Waals surface area contributed by atoms with Gasteiger partial charge in [0.15, 0.2) is 6.61 Å². The number of rotatable bonds is 2. The first-order chi connectivity index (χ1) is 5.29. The summed E-state index contributed by atoms with van der Waals surface area (Å²) in [6, 6.07) is -0.101. The SMILES string of the molecule is [O]CC(=O)N1CCCC1CO. The van der Waals surface area contributed by atoms with Gasteiger partial charge in [-0.15, -0.1) is 0 Å². The maximum atomic E-state index is 10.9. The molecule has 1 aliphatic rings. The van der Waals surface area contributed by atoms with Crippen molar-refractivity contribution in [2.45, 2.75) is 18.9 Å². The van der Waals surface area contributed by atoms with Gasteiger partial charge in [0.2, 0.25) is 0 Å². The first-order valence-corrected chi connectivity index (χ1v) is 3.78. The maximum Gasteiger partial charge on any atom is 0.252 e. The Morgan fingerprint density at radius 2 is 2.36 bits per heavy atom. The molecular formula is C7H12NO3. The summed E-state index contributed by atoms with van der Waals surface area (Å²) in [5, 5.41) is 19.0. The van der Waals surface area contributed by atoms with Crippen LogP contribution in [0.3, 0.4) is 0 Å². The van der Waals surface area contributed by atoms with Gasteiger partial charge in [-0.25, -0.2) is 5.11 Å². The first-order valence-electron chi connectivity index (χ1n) is 3.78. The topological polar surface area (TPSA) is 60.4 Å². The Labute approximate surface area is 65.4 Å². The molecule has 1 N–H and O–H groups in total. The molecule has 0 saturated carbocycles. The molecule has 1 fully saturated rings. The average molecular weight is 158 g/mol. The summed E-state index contributed by atoms with van der Waals surface area (Å²) in [5.74, 6) is -0.387. The zero-order valence-electron chi connectivity index (χ0n) is 6.32. The molecule has 1 saturated heterocycles. The van der Waals surface area contributed by atoms with Crippen LogP contribution in [0, 0.1) is 0 Å². The van der Waals surface area contributed by atoms with Gasteiger partial charge in [-0.2, -0.15) is 0 Å². The van der Waals surface area contributed by atoms with Gasteiger partial charge in [-0.3, -0.25) is 4.79 Å². The van der Waals surface area contributed by atoms with E-state index in [0.717, 1.165) is 12.8 Å². The Kier molecular flexibility index (Phi) is 2.84. The number of aliphatic hydroxyl groups excluding tert-OH is 1. The lowest BCUT2D eigenvalue weighted by Crippen LogP contribution is -2.38. The zero-order valence-corrected chi connectivity index (χ0v) is 6.32. The summed E-state index contributed by atoms with van der Waals surface area (Å²) in [4.78, 5) is 12.4. The molecule has 0 spiro atoms. The molecule has 1 aliphatic heterocycles. The number of carbonyl (C=O) groups excluding carboxylic acids is 1. The molecule has 1 heterocycles. The lowest BCUT2D eigenvalue weighted by molar-refractivity contribution is -0.137. The molecule has 0 aliphatic carbocycles. The van der Waals surface area contributed by atoms with E-state index >= 15 is 0 Å². The van der Waals surface area contributed by atoms with E-state index in [1.165, 1.54) is 4.90 Å². The monoisotopic (exact) mass is 158 g/mol. The van der Waals surface area contributed by atoms with Crippen molar-refractivity contribution < 1.29 is 15.0 Å². The van der Waals surface area contributed by atoms with Crippen molar-refractivity contribution in [3.8, 4) is 0 Å². The van der Waals surface area contributed by atoms with Gasteiger partial charge in [0.1, 0.15) is 0 Å². The molecule has 0 aromatic heterocycles. The van der Waals surface area contributed by atoms with Gasteiger partial charge < -0.3 is 10.0 Å². The van der Waals surface area contributed by atoms with Gasteiger partial charge >= 0.3 is 0 Å². The number of aliphatic hydroxyl groups is 1. The van der Waals surface area contributed by atoms with E-state index in [-0.39, 0.29) is 18.6 Å². The number of nitrogens with zero attached hydrogens (tertiary/aromatic N) is 1. The van der Waals surface area contributed by atoms with E-state index < -0.39 is 6.61 Å². The van der Waals surface area contributed by atoms with Crippen LogP contribution in [0.1, 0.15) is 12.8 Å². The highest BCUT2D eigenvalue weighted by Gasteiger charge is 2.27. The summed E-state index contributed by atoms with van der Waals surface area (Å²) in [7, 11) is 0. The summed E-state index contributed by atoms with van der Waals surface area (Å²) >= 11 is 0. The molecule has 1 unspecified atom stereocenters. The van der Waals surface area contributed by atoms with Crippen LogP contribution in [0.15, 0.2) is 0 Å². The predicted octanol–water partition coefficient (Wildman–Crippen LogP) is -0.600. The summed E-state index contributed by atoms with van der Waals surface area (Å²) in [6.45, 7) is -0.0888. The minimum atomic E-state index is -0.698. The number of hydrogen-bond acceptors (Lipinski definition) is 2. The van der Waals surface area contributed by atoms with Crippen LogP contribution in [-0.2, 0) is 9.90 Å². The summed E-state index contributed by atoms with van der Waals surface area (Å²) < 4.78 is 0. The summed E-state index contributed by atoms with van der Waals surface area (Å²) in [5.41, 5.74) is 0. The van der Waals surface area contributed by atoms with Crippen LogP contribution in [0.5, 0.6) is 0 Å². The van der Waals surface area contributed by atoms with Crippen molar-refractivity contribution in [2.24, 2.45) is 0 Å². The van der Waals surface area contributed by atoms with Crippen molar-refractivity contribution in [1.29, 1.82) is 0 Å². The van der Waals surface area contributed by atoms with Gasteiger partial charge in [0.05, 0.1) is 12.6 Å². The molecule has 4 nitrogen and oxygen atoms in total. The molecule has 1 radical (unpaired) electrons.